The highest BCUT2D eigenvalue weighted by atomic mass is 35.5. The Labute approximate surface area is 724 Å². The van der Waals surface area contributed by atoms with Crippen LogP contribution in [0.15, 0.2) is 131 Å². The molecule has 12 aromatic carbocycles. The lowest BCUT2D eigenvalue weighted by Gasteiger charge is -2.24. The first-order chi connectivity index (χ1) is 57.7. The molecule has 0 unspecified atom stereocenters. The van der Waals surface area contributed by atoms with E-state index < -0.39 is 45.8 Å². The maximum atomic E-state index is 13.5. The molecule has 0 spiro atoms. The van der Waals surface area contributed by atoms with Crippen LogP contribution >= 0.6 is 58.0 Å². The van der Waals surface area contributed by atoms with Gasteiger partial charge in [0.05, 0.1) is 80.1 Å². The van der Waals surface area contributed by atoms with Gasteiger partial charge in [0, 0.05) is 53.5 Å². The van der Waals surface area contributed by atoms with Crippen molar-refractivity contribution in [2.75, 3.05) is 21.3 Å². The molecule has 630 valence electrons. The van der Waals surface area contributed by atoms with E-state index in [1.807, 2.05) is 44.2 Å². The van der Waals surface area contributed by atoms with Crippen LogP contribution in [0.25, 0.3) is 32.9 Å². The summed E-state index contributed by atoms with van der Waals surface area (Å²) in [6.45, 7) is 9.19. The Morgan fingerprint density at radius 2 is 0.772 bits per heavy atom. The smallest absolute Gasteiger partial charge is 0.207 e. The third-order valence-corrected chi connectivity index (χ3v) is 23.2. The van der Waals surface area contributed by atoms with E-state index in [-0.39, 0.29) is 152 Å². The van der Waals surface area contributed by atoms with Crippen molar-refractivity contribution in [1.29, 1.82) is 0 Å². The van der Waals surface area contributed by atoms with Crippen molar-refractivity contribution in [2.45, 2.75) is 67.7 Å². The molecule has 5 aliphatic rings. The van der Waals surface area contributed by atoms with Crippen LogP contribution in [0.4, 0.5) is 4.39 Å². The Hall–Kier alpha value is -13.7. The standard InChI is InChI=1S/C18H15ClO4.C16H14ClNO3.C15H12ClNO4.C15H11FO4.C14H9ClO4.C14H9ClO3.CH4/c1-9-4-10-6-11-7-14(23-3)17(19)12(8-20)15(11)18(21)16(10)13(5-9)22-2;1-7-3-8-5-9-6-11(20)14(17)16(21)13(9)15(18-2)12(8)10(19)4-7;1-6-3-7-11(9(18)4-6)14(20)12-8(17(7)2)5-10(19)13(16)15(12)21;1-6-2-7-4-8-5-10(18)13(16)15(20)12(8)14(19)11(7)9(17)3-6;1-5-2-6-7-4-9(17)12(15)14(19)11(7)13(18)10(6)8(16)3-5;15-12-10(16)6-8-5-7-3-1-2-4-9(7)13(17)11(8)14(12)18;/h4-5,7-8H,6H2,1-3H3;3-4,6,19-21H,5H2,1-2H3;3-5,18-19,21H,1-2H3;2-3,5,17-18,20H,4H2,1H3;2-4,16-17,19H,1H3;1-4,6,16,18H,5H2;1H4. The summed E-state index contributed by atoms with van der Waals surface area (Å²) in [4.78, 5) is 78.2. The number of aliphatic imine (C=N–C) groups is 1. The predicted molar refractivity (Wildman–Crippen MR) is 464 cm³/mol. The van der Waals surface area contributed by atoms with E-state index in [0.717, 1.165) is 61.7 Å². The average molecular weight is 1770 g/mol. The molecule has 123 heavy (non-hydrogen) atoms. The van der Waals surface area contributed by atoms with Gasteiger partial charge in [-0.25, -0.2) is 0 Å². The fourth-order valence-corrected chi connectivity index (χ4v) is 16.8. The third-order valence-electron chi connectivity index (χ3n) is 21.3. The number of carbonyl (C=O) groups excluding carboxylic acids is 5. The highest BCUT2D eigenvalue weighted by Crippen LogP contribution is 2.52. The molecule has 5 aliphatic carbocycles. The van der Waals surface area contributed by atoms with E-state index in [1.165, 1.54) is 56.7 Å². The van der Waals surface area contributed by atoms with Gasteiger partial charge in [0.15, 0.2) is 35.1 Å². The molecule has 0 atom stereocenters. The second-order valence-electron chi connectivity index (χ2n) is 29.3. The summed E-state index contributed by atoms with van der Waals surface area (Å²) in [5.41, 5.74) is 14.4. The fraction of sp³-hybridized carbons (Fsp3) is 0.151. The summed E-state index contributed by atoms with van der Waals surface area (Å²) in [6, 6.07) is 32.7. The number of aryl methyl sites for hydroxylation is 6. The minimum atomic E-state index is -1.23. The number of aldehydes is 1. The van der Waals surface area contributed by atoms with Gasteiger partial charge >= 0.3 is 0 Å². The van der Waals surface area contributed by atoms with Gasteiger partial charge in [-0.3, -0.25) is 33.8 Å². The Bertz CT molecular complexity index is 6920. The molecule has 0 saturated carbocycles. The largest absolute Gasteiger partial charge is 0.507 e. The molecule has 13 aromatic rings. The zero-order chi connectivity index (χ0) is 88.9. The molecule has 18 rings (SSSR count). The molecule has 1 heterocycles. The van der Waals surface area contributed by atoms with Crippen LogP contribution < -0.4 is 14.9 Å². The summed E-state index contributed by atoms with van der Waals surface area (Å²) in [6.07, 6.45) is 2.33. The molecule has 14 N–H and O–H groups in total. The van der Waals surface area contributed by atoms with Gasteiger partial charge in [0.25, 0.3) is 0 Å². The zero-order valence-electron chi connectivity index (χ0n) is 65.6. The number of phenols is 14. The second kappa shape index (κ2) is 34.1. The van der Waals surface area contributed by atoms with E-state index in [9.17, 15) is 105 Å². The van der Waals surface area contributed by atoms with Gasteiger partial charge in [-0.1, -0.05) is 114 Å². The minimum absolute atomic E-state index is 0. The van der Waals surface area contributed by atoms with Gasteiger partial charge in [0.2, 0.25) is 22.8 Å². The van der Waals surface area contributed by atoms with E-state index in [0.29, 0.717) is 109 Å². The number of aromatic hydroxyl groups is 14. The number of rotatable bonds is 3. The molecule has 0 amide bonds. The number of halogens is 6. The topological polar surface area (TPSA) is 421 Å². The number of ketones is 4. The number of fused-ring (bicyclic) bond motifs is 13. The predicted octanol–water partition coefficient (Wildman–Crippen LogP) is 18.4. The quantitative estimate of drug-likeness (QED) is 0.0577. The molecule has 1 aromatic heterocycles. The molecule has 0 aliphatic heterocycles. The molecule has 30 heteroatoms. The Balaban J connectivity index is 0.000000135. The van der Waals surface area contributed by atoms with Gasteiger partial charge < -0.3 is 85.5 Å². The number of hydrogen-bond acceptors (Lipinski definition) is 23. The number of carbonyl (C=O) groups is 5. The average Bonchev–Trinajstić information content (AvgIpc) is 1.46. The SMILES string of the molecule is C.CN=C1c2c(O)cc(C)cc2Cc2cc(O)c(Cl)c(O)c21.COc1cc2c(c(C=O)c1Cl)C(=O)c1c(cc(C)cc1OC)C2.Cc1cc(O)c2c(=O)c3c(O)c(Cl)c(O)cc3n(C)c2c1.Cc1cc(O)c2c(c1)-c1cc(O)c(Cl)c(O)c1C2=O.Cc1cc(O)c2c(c1)Cc1cc(O)c(F)c(O)c1C2=O.O=C1c2ccccc2Cc2cc(O)c(Cl)c(O)c21. The molecular weight excluding hydrogens is 1690 g/mol. The molecule has 0 bridgehead atoms. The zero-order valence-corrected chi connectivity index (χ0v) is 69.4. The third kappa shape index (κ3) is 15.5. The molecule has 0 fully saturated rings. The van der Waals surface area contributed by atoms with Gasteiger partial charge in [-0.2, -0.15) is 4.39 Å². The molecular formula is C93H74Cl5FN2O22. The highest BCUT2D eigenvalue weighted by Gasteiger charge is 2.38. The van der Waals surface area contributed by atoms with Crippen LogP contribution in [0.1, 0.15) is 165 Å². The van der Waals surface area contributed by atoms with Gasteiger partial charge in [0.1, 0.15) is 94.8 Å². The number of pyridine rings is 1. The van der Waals surface area contributed by atoms with Crippen molar-refractivity contribution in [2.24, 2.45) is 12.0 Å². The molecule has 24 nitrogen and oxygen atoms in total. The number of nitrogens with zero attached hydrogens (tertiary/aromatic N) is 2. The van der Waals surface area contributed by atoms with E-state index in [4.69, 9.17) is 67.5 Å². The summed E-state index contributed by atoms with van der Waals surface area (Å²) in [7, 11) is 6.27. The second-order valence-corrected chi connectivity index (χ2v) is 31.2. The highest BCUT2D eigenvalue weighted by molar-refractivity contribution is 6.38. The van der Waals surface area contributed by atoms with E-state index in [2.05, 4.69) is 4.99 Å². The Morgan fingerprint density at radius 3 is 1.35 bits per heavy atom. The lowest BCUT2D eigenvalue weighted by atomic mass is 9.81. The van der Waals surface area contributed by atoms with Crippen LogP contribution in [0, 0.1) is 40.4 Å². The lowest BCUT2D eigenvalue weighted by Crippen LogP contribution is -2.19. The van der Waals surface area contributed by atoms with Crippen molar-refractivity contribution < 1.29 is 109 Å². The summed E-state index contributed by atoms with van der Waals surface area (Å²) in [5.74, 6) is -6.41. The number of benzene rings is 12. The fourth-order valence-electron chi connectivity index (χ4n) is 16.0. The number of hydrogen-bond donors (Lipinski definition) is 14. The molecule has 0 saturated heterocycles. The van der Waals surface area contributed by atoms with Crippen molar-refractivity contribution in [3.05, 3.63) is 296 Å². The van der Waals surface area contributed by atoms with Gasteiger partial charge in [-0.15, -0.1) is 0 Å². The first-order valence-corrected chi connectivity index (χ1v) is 38.6. The monoisotopic (exact) mass is 1760 g/mol. The van der Waals surface area contributed by atoms with Crippen LogP contribution in [-0.4, -0.2) is 132 Å². The van der Waals surface area contributed by atoms with Crippen molar-refractivity contribution in [3.8, 4) is 103 Å². The Morgan fingerprint density at radius 1 is 0.366 bits per heavy atom. The number of aromatic nitrogens is 1. The lowest BCUT2D eigenvalue weighted by molar-refractivity contribution is 0.101. The number of ether oxygens (including phenoxy) is 2. The van der Waals surface area contributed by atoms with Crippen molar-refractivity contribution >= 4 is 115 Å². The van der Waals surface area contributed by atoms with Crippen LogP contribution in [-0.2, 0) is 32.7 Å². The van der Waals surface area contributed by atoms with Crippen LogP contribution in [0.5, 0.6) is 92.0 Å². The maximum absolute atomic E-state index is 13.5. The first-order valence-electron chi connectivity index (χ1n) is 36.7. The van der Waals surface area contributed by atoms with Gasteiger partial charge in [-0.05, 0) is 205 Å². The van der Waals surface area contributed by atoms with Crippen LogP contribution in [0.2, 0.25) is 25.1 Å². The Kier molecular flexibility index (Phi) is 24.5. The van der Waals surface area contributed by atoms with Crippen LogP contribution in [0.3, 0.4) is 0 Å². The number of methoxy groups -OCH3 is 2. The number of phenolic OH excluding ortho intramolecular Hbond substituents is 14. The van der Waals surface area contributed by atoms with E-state index >= 15 is 0 Å². The van der Waals surface area contributed by atoms with Crippen molar-refractivity contribution in [3.63, 3.8) is 0 Å². The molecule has 0 radical (unpaired) electrons. The summed E-state index contributed by atoms with van der Waals surface area (Å²) >= 11 is 29.4. The van der Waals surface area contributed by atoms with E-state index in [1.54, 1.807) is 81.9 Å². The summed E-state index contributed by atoms with van der Waals surface area (Å²) in [5, 5.41) is 137. The normalized spacial score (nSPS) is 12.8. The summed E-state index contributed by atoms with van der Waals surface area (Å²) < 4.78 is 25.7. The first kappa shape index (κ1) is 88.6. The minimum Gasteiger partial charge on any atom is -0.507 e. The van der Waals surface area contributed by atoms with Crippen molar-refractivity contribution in [1.82, 2.24) is 4.57 Å². The maximum Gasteiger partial charge on any atom is 0.207 e.